The number of carbonyl (C=O) groups is 2. The number of ether oxygens (including phenoxy) is 1. The molecular formula is C25H20ClNO5. The maximum absolute atomic E-state index is 13.1. The van der Waals surface area contributed by atoms with Gasteiger partial charge in [-0.15, -0.1) is 0 Å². The summed E-state index contributed by atoms with van der Waals surface area (Å²) in [6.07, 6.45) is 0. The van der Waals surface area contributed by atoms with E-state index in [-0.39, 0.29) is 29.4 Å². The van der Waals surface area contributed by atoms with E-state index in [0.717, 1.165) is 5.56 Å². The maximum Gasteiger partial charge on any atom is 0.295 e. The van der Waals surface area contributed by atoms with E-state index in [9.17, 15) is 19.8 Å². The highest BCUT2D eigenvalue weighted by Gasteiger charge is 2.46. The molecule has 1 saturated heterocycles. The van der Waals surface area contributed by atoms with Gasteiger partial charge in [-0.25, -0.2) is 0 Å². The van der Waals surface area contributed by atoms with Gasteiger partial charge in [0.1, 0.15) is 5.76 Å². The van der Waals surface area contributed by atoms with Gasteiger partial charge in [-0.2, -0.15) is 0 Å². The van der Waals surface area contributed by atoms with Crippen LogP contribution in [-0.4, -0.2) is 33.9 Å². The van der Waals surface area contributed by atoms with Gasteiger partial charge in [0, 0.05) is 17.1 Å². The lowest BCUT2D eigenvalue weighted by Gasteiger charge is -2.26. The van der Waals surface area contributed by atoms with Gasteiger partial charge in [0.15, 0.2) is 11.5 Å². The second-order valence-corrected chi connectivity index (χ2v) is 7.79. The van der Waals surface area contributed by atoms with Crippen LogP contribution in [0.15, 0.2) is 78.4 Å². The number of likely N-dealkylation sites (tertiary alicyclic amines) is 1. The van der Waals surface area contributed by atoms with Crippen molar-refractivity contribution in [2.45, 2.75) is 12.6 Å². The van der Waals surface area contributed by atoms with E-state index in [0.29, 0.717) is 16.1 Å². The Bertz CT molecular complexity index is 1200. The van der Waals surface area contributed by atoms with Crippen molar-refractivity contribution < 1.29 is 24.5 Å². The zero-order chi connectivity index (χ0) is 22.8. The fraction of sp³-hybridized carbons (Fsp3) is 0.120. The van der Waals surface area contributed by atoms with Crippen molar-refractivity contribution in [2.75, 3.05) is 7.11 Å². The topological polar surface area (TPSA) is 87.1 Å². The van der Waals surface area contributed by atoms with Gasteiger partial charge in [0.2, 0.25) is 0 Å². The summed E-state index contributed by atoms with van der Waals surface area (Å²) in [6, 6.07) is 19.3. The highest BCUT2D eigenvalue weighted by Crippen LogP contribution is 2.42. The van der Waals surface area contributed by atoms with Crippen molar-refractivity contribution in [1.82, 2.24) is 4.90 Å². The minimum Gasteiger partial charge on any atom is -0.507 e. The smallest absolute Gasteiger partial charge is 0.295 e. The molecule has 1 amide bonds. The number of methoxy groups -OCH3 is 1. The lowest BCUT2D eigenvalue weighted by molar-refractivity contribution is -0.140. The van der Waals surface area contributed by atoms with Crippen LogP contribution in [0.1, 0.15) is 22.7 Å². The standard InChI is InChI=1S/C25H20ClNO5/c1-32-20-13-17(9-12-19(20)28)22-21(23(29)16-7-10-18(26)11-8-16)24(30)25(31)27(22)14-15-5-3-2-4-6-15/h2-13,22,28-29H,14H2,1H3/b23-21+. The van der Waals surface area contributed by atoms with Crippen LogP contribution in [0.4, 0.5) is 0 Å². The fourth-order valence-electron chi connectivity index (χ4n) is 3.80. The van der Waals surface area contributed by atoms with Crippen molar-refractivity contribution in [3.63, 3.8) is 0 Å². The number of halogens is 1. The molecule has 1 fully saturated rings. The summed E-state index contributed by atoms with van der Waals surface area (Å²) >= 11 is 5.95. The third kappa shape index (κ3) is 3.92. The first-order chi connectivity index (χ1) is 15.4. The van der Waals surface area contributed by atoms with E-state index in [4.69, 9.17) is 16.3 Å². The van der Waals surface area contributed by atoms with Crippen molar-refractivity contribution in [3.8, 4) is 11.5 Å². The SMILES string of the molecule is COc1cc(C2/C(=C(\O)c3ccc(Cl)cc3)C(=O)C(=O)N2Cc2ccccc2)ccc1O. The molecule has 0 aliphatic carbocycles. The second-order valence-electron chi connectivity index (χ2n) is 7.35. The van der Waals surface area contributed by atoms with E-state index >= 15 is 0 Å². The first-order valence-electron chi connectivity index (χ1n) is 9.86. The minimum atomic E-state index is -0.875. The molecule has 2 N–H and O–H groups in total. The van der Waals surface area contributed by atoms with Crippen LogP contribution in [0, 0.1) is 0 Å². The first-order valence-corrected chi connectivity index (χ1v) is 10.2. The molecule has 0 spiro atoms. The number of rotatable bonds is 5. The Morgan fingerprint density at radius 3 is 2.38 bits per heavy atom. The first kappa shape index (κ1) is 21.5. The molecule has 1 aliphatic rings. The van der Waals surface area contributed by atoms with E-state index in [1.165, 1.54) is 18.1 Å². The van der Waals surface area contributed by atoms with E-state index in [1.807, 2.05) is 30.3 Å². The van der Waals surface area contributed by atoms with Gasteiger partial charge in [-0.05, 0) is 47.5 Å². The Morgan fingerprint density at radius 1 is 1.03 bits per heavy atom. The summed E-state index contributed by atoms with van der Waals surface area (Å²) in [5.41, 5.74) is 1.67. The van der Waals surface area contributed by atoms with E-state index in [1.54, 1.807) is 36.4 Å². The summed E-state index contributed by atoms with van der Waals surface area (Å²) in [7, 11) is 1.41. The highest BCUT2D eigenvalue weighted by atomic mass is 35.5. The molecule has 1 atom stereocenters. The molecule has 1 heterocycles. The number of phenols is 1. The predicted octanol–water partition coefficient (Wildman–Crippen LogP) is 4.68. The lowest BCUT2D eigenvalue weighted by atomic mass is 9.95. The molecular weight excluding hydrogens is 430 g/mol. The fourth-order valence-corrected chi connectivity index (χ4v) is 3.92. The summed E-state index contributed by atoms with van der Waals surface area (Å²) in [5.74, 6) is -1.69. The summed E-state index contributed by atoms with van der Waals surface area (Å²) in [4.78, 5) is 27.5. The van der Waals surface area contributed by atoms with Crippen LogP contribution >= 0.6 is 11.6 Å². The number of ketones is 1. The Hall–Kier alpha value is -3.77. The Balaban J connectivity index is 1.89. The number of carbonyl (C=O) groups excluding carboxylic acids is 2. The molecule has 0 aromatic heterocycles. The van der Waals surface area contributed by atoms with Gasteiger partial charge < -0.3 is 19.8 Å². The Morgan fingerprint density at radius 2 is 1.72 bits per heavy atom. The average molecular weight is 450 g/mol. The highest BCUT2D eigenvalue weighted by molar-refractivity contribution is 6.46. The van der Waals surface area contributed by atoms with Gasteiger partial charge in [-0.1, -0.05) is 48.0 Å². The third-order valence-electron chi connectivity index (χ3n) is 5.37. The number of hydrogen-bond acceptors (Lipinski definition) is 5. The van der Waals surface area contributed by atoms with Gasteiger partial charge in [-0.3, -0.25) is 9.59 Å². The maximum atomic E-state index is 13.1. The predicted molar refractivity (Wildman–Crippen MR) is 120 cm³/mol. The number of nitrogens with zero attached hydrogens (tertiary/aromatic N) is 1. The van der Waals surface area contributed by atoms with Crippen LogP contribution in [0.25, 0.3) is 5.76 Å². The lowest BCUT2D eigenvalue weighted by Crippen LogP contribution is -2.29. The van der Waals surface area contributed by atoms with Crippen molar-refractivity contribution in [2.24, 2.45) is 0 Å². The molecule has 0 saturated carbocycles. The molecule has 1 unspecified atom stereocenters. The minimum absolute atomic E-state index is 0.0407. The van der Waals surface area contributed by atoms with E-state index in [2.05, 4.69) is 0 Å². The number of aromatic hydroxyl groups is 1. The van der Waals surface area contributed by atoms with Crippen molar-refractivity contribution >= 4 is 29.1 Å². The molecule has 6 nitrogen and oxygen atoms in total. The largest absolute Gasteiger partial charge is 0.507 e. The average Bonchev–Trinajstić information content (AvgIpc) is 3.05. The number of amides is 1. The summed E-state index contributed by atoms with van der Waals surface area (Å²) < 4.78 is 5.21. The van der Waals surface area contributed by atoms with Crippen LogP contribution in [0.5, 0.6) is 11.5 Å². The number of aliphatic hydroxyl groups excluding tert-OH is 1. The Labute approximate surface area is 189 Å². The molecule has 7 heteroatoms. The molecule has 4 rings (SSSR count). The number of phenolic OH excluding ortho intramolecular Hbond substituents is 1. The van der Waals surface area contributed by atoms with Crippen LogP contribution in [0.2, 0.25) is 5.02 Å². The number of Topliss-reactive ketones (excluding diaryl/α,β-unsaturated/α-hetero) is 1. The van der Waals surface area contributed by atoms with Gasteiger partial charge >= 0.3 is 0 Å². The van der Waals surface area contributed by atoms with Gasteiger partial charge in [0.05, 0.1) is 18.7 Å². The Kier molecular flexibility index (Phi) is 5.88. The number of benzene rings is 3. The number of hydrogen-bond donors (Lipinski definition) is 2. The molecule has 32 heavy (non-hydrogen) atoms. The summed E-state index contributed by atoms with van der Waals surface area (Å²) in [6.45, 7) is 0.163. The quantitative estimate of drug-likeness (QED) is 0.335. The molecule has 162 valence electrons. The molecule has 3 aromatic carbocycles. The van der Waals surface area contributed by atoms with Crippen LogP contribution < -0.4 is 4.74 Å². The zero-order valence-corrected chi connectivity index (χ0v) is 17.9. The second kappa shape index (κ2) is 8.77. The molecule has 1 aliphatic heterocycles. The van der Waals surface area contributed by atoms with Crippen molar-refractivity contribution in [3.05, 3.63) is 100 Å². The monoisotopic (exact) mass is 449 g/mol. The zero-order valence-electron chi connectivity index (χ0n) is 17.2. The normalized spacial score (nSPS) is 17.6. The van der Waals surface area contributed by atoms with Crippen molar-refractivity contribution in [1.29, 1.82) is 0 Å². The van der Waals surface area contributed by atoms with Crippen LogP contribution in [-0.2, 0) is 16.1 Å². The molecule has 0 bridgehead atoms. The molecule has 0 radical (unpaired) electrons. The molecule has 3 aromatic rings. The van der Waals surface area contributed by atoms with Gasteiger partial charge in [0.25, 0.3) is 11.7 Å². The summed E-state index contributed by atoms with van der Waals surface area (Å²) in [5, 5.41) is 21.5. The third-order valence-corrected chi connectivity index (χ3v) is 5.62. The number of aliphatic hydroxyl groups is 1. The van der Waals surface area contributed by atoms with Crippen LogP contribution in [0.3, 0.4) is 0 Å². The van der Waals surface area contributed by atoms with E-state index < -0.39 is 17.7 Å².